The van der Waals surface area contributed by atoms with E-state index in [1.165, 1.54) is 31.8 Å². The molecule has 0 spiro atoms. The Hall–Kier alpha value is -14.7. The van der Waals surface area contributed by atoms with Gasteiger partial charge in [0.2, 0.25) is 6.79 Å². The summed E-state index contributed by atoms with van der Waals surface area (Å²) in [6.07, 6.45) is 8.10. The van der Waals surface area contributed by atoms with Crippen molar-refractivity contribution >= 4 is 126 Å². The smallest absolute Gasteiger partial charge is 0.417 e. The molecule has 0 radical (unpaired) electrons. The third-order valence-electron chi connectivity index (χ3n) is 16.4. The van der Waals surface area contributed by atoms with Crippen molar-refractivity contribution in [3.8, 4) is 23.0 Å². The van der Waals surface area contributed by atoms with Gasteiger partial charge in [-0.05, 0) is 150 Å². The number of aromatic nitrogens is 9. The Labute approximate surface area is 813 Å². The Morgan fingerprint density at radius 1 is 0.338 bits per heavy atom. The summed E-state index contributed by atoms with van der Waals surface area (Å²) in [6.45, 7) is 49.8. The molecule has 0 unspecified atom stereocenters. The molecular formula is C114H144N10O10S2. The Morgan fingerprint density at radius 3 is 1.42 bits per heavy atom. The highest BCUT2D eigenvalue weighted by atomic mass is 32.1. The molecule has 12 heterocycles. The lowest BCUT2D eigenvalue weighted by Crippen LogP contribution is -1.96. The van der Waals surface area contributed by atoms with Gasteiger partial charge in [0.05, 0.1) is 74.4 Å². The largest absolute Gasteiger partial charge is 0.493 e. The highest BCUT2D eigenvalue weighted by Gasteiger charge is 2.11. The van der Waals surface area contributed by atoms with Crippen molar-refractivity contribution < 1.29 is 36.7 Å². The summed E-state index contributed by atoms with van der Waals surface area (Å²) in [5.41, 5.74) is 13.9. The molecule has 12 aromatic carbocycles. The number of anilines is 1. The number of nitrogens with one attached hydrogen (secondary N) is 4. The highest BCUT2D eigenvalue weighted by molar-refractivity contribution is 7.17. The quantitative estimate of drug-likeness (QED) is 0.103. The van der Waals surface area contributed by atoms with Gasteiger partial charge in [-0.1, -0.05) is 354 Å². The second kappa shape index (κ2) is 78.9. The molecule has 3 aliphatic heterocycles. The number of rotatable bonds is 0. The summed E-state index contributed by atoms with van der Waals surface area (Å²) in [5.74, 6) is 3.31. The molecule has 9 aromatic heterocycles. The lowest BCUT2D eigenvalue weighted by Gasteiger charge is -1.93. The van der Waals surface area contributed by atoms with Crippen molar-refractivity contribution in [2.24, 2.45) is 0 Å². The van der Waals surface area contributed by atoms with Crippen LogP contribution in [0.25, 0.3) is 97.3 Å². The van der Waals surface area contributed by atoms with Crippen LogP contribution in [-0.4, -0.2) is 65.6 Å². The van der Waals surface area contributed by atoms with Crippen molar-refractivity contribution in [3.05, 3.63) is 390 Å². The number of aromatic amines is 3. The standard InChI is InChI=1S/C9H7N.C9H6O2.C8H8O.C8H6O.C8H6S.2C7H6N2.C7H5NO2.C7H7NO.C7H5NS.C7H6O2.C6H4N2O.12C2H6/c1-2-6-9-8(4-1)5-3-7-10-9;10-9-6-5-7-3-1-2-4-8(7)11-9;3*1-2-4-8-7(3-1)5-6-9-8;1-2-4-7-6(3-1)8-5-9-7;1-2-4-7-6(3-1)5-8-9-7;9-7-8-5-3-1-2-4-6(5)10-7;3*1-2-4-7-6(3-1)8-5-9-7;1-2-4-6-5(3-1)7-8-9-6;12*1-2/h1-7H;1-6H;1-4H,5-6H2;2*1-6H;2*1-5H,(H,8,9);1-4H,(H,8,9);1-4,8H,5H2;1-5H;1-4H,5H2;1-4H;12*1-2H3. The first-order valence-corrected chi connectivity index (χ1v) is 49.1. The first kappa shape index (κ1) is 119. The summed E-state index contributed by atoms with van der Waals surface area (Å²) in [4.78, 5) is 39.2. The normalized spacial score (nSPS) is 9.71. The molecule has 0 aliphatic carbocycles. The zero-order chi connectivity index (χ0) is 100. The minimum Gasteiger partial charge on any atom is -0.493 e. The van der Waals surface area contributed by atoms with Gasteiger partial charge in [0.25, 0.3) is 0 Å². The number of oxazole rings is 1. The number of nitrogens with zero attached hydrogens (tertiary/aromatic N) is 6. The summed E-state index contributed by atoms with van der Waals surface area (Å²) < 4.78 is 42.8. The number of imidazole rings is 1. The van der Waals surface area contributed by atoms with Crippen molar-refractivity contribution in [3.63, 3.8) is 0 Å². The van der Waals surface area contributed by atoms with E-state index in [0.717, 1.165) is 108 Å². The van der Waals surface area contributed by atoms with Crippen LogP contribution in [-0.2, 0) is 6.42 Å². The van der Waals surface area contributed by atoms with Gasteiger partial charge in [0, 0.05) is 50.2 Å². The lowest BCUT2D eigenvalue weighted by atomic mass is 10.2. The van der Waals surface area contributed by atoms with Gasteiger partial charge in [-0.3, -0.25) is 15.1 Å². The number of thiophene rings is 1. The zero-order valence-electron chi connectivity index (χ0n) is 84.1. The average Bonchev–Trinajstić information content (AvgIpc) is 0.882. The average molecular weight is 1880 g/mol. The van der Waals surface area contributed by atoms with Gasteiger partial charge >= 0.3 is 11.4 Å². The predicted molar refractivity (Wildman–Crippen MR) is 583 cm³/mol. The van der Waals surface area contributed by atoms with Gasteiger partial charge in [-0.25, -0.2) is 19.6 Å². The molecule has 136 heavy (non-hydrogen) atoms. The monoisotopic (exact) mass is 1880 g/mol. The molecule has 722 valence electrons. The number of H-pyrrole nitrogens is 3. The van der Waals surface area contributed by atoms with Gasteiger partial charge in [-0.15, -0.1) is 27.8 Å². The van der Waals surface area contributed by atoms with Crippen LogP contribution in [0, 0.1) is 0 Å². The SMILES string of the molecule is CC.CC.CC.CC.CC.CC.CC.CC.CC.CC.CC.CC.O=c1[nH]c2ccccc2o1.O=c1ccc2ccccc2o1.c1ccc2[nH]cnc2c1.c1ccc2[nH]ncc2c1.c1ccc2c(c1)CCO2.c1ccc2c(c1)NCO2.c1ccc2c(c1)OCO2.c1ccc2ncccc2c1.c1ccc2occc2c1.c1ccc2onnc2c1.c1ccc2sccc2c1.c1ccc2scnc2c1. The van der Waals surface area contributed by atoms with Crippen LogP contribution in [0.5, 0.6) is 23.0 Å². The number of para-hydroxylation sites is 15. The highest BCUT2D eigenvalue weighted by Crippen LogP contribution is 2.31. The number of hydrogen-bond donors (Lipinski definition) is 4. The van der Waals surface area contributed by atoms with Crippen LogP contribution < -0.4 is 35.6 Å². The summed E-state index contributed by atoms with van der Waals surface area (Å²) >= 11 is 3.46. The minimum atomic E-state index is -0.402. The molecule has 0 atom stereocenters. The molecule has 0 saturated heterocycles. The fourth-order valence-electron chi connectivity index (χ4n) is 10.9. The Morgan fingerprint density at radius 2 is 0.831 bits per heavy atom. The third kappa shape index (κ3) is 43.7. The number of furan rings is 1. The van der Waals surface area contributed by atoms with E-state index >= 15 is 0 Å². The third-order valence-corrected chi connectivity index (χ3v) is 18.1. The Kier molecular flexibility index (Phi) is 69.2. The van der Waals surface area contributed by atoms with Gasteiger partial charge < -0.3 is 47.0 Å². The molecule has 0 amide bonds. The van der Waals surface area contributed by atoms with E-state index in [1.807, 2.05) is 427 Å². The minimum absolute atomic E-state index is 0.302. The van der Waals surface area contributed by atoms with Gasteiger partial charge in [-0.2, -0.15) is 5.10 Å². The van der Waals surface area contributed by atoms with Crippen LogP contribution in [0.1, 0.15) is 172 Å². The zero-order valence-corrected chi connectivity index (χ0v) is 85.7. The molecule has 0 saturated carbocycles. The van der Waals surface area contributed by atoms with Crippen molar-refractivity contribution in [1.82, 2.24) is 45.5 Å². The topological polar surface area (TPSA) is 260 Å². The maximum absolute atomic E-state index is 10.7. The van der Waals surface area contributed by atoms with Crippen LogP contribution >= 0.6 is 22.7 Å². The maximum atomic E-state index is 10.7. The number of thiazole rings is 1. The molecular weight excluding hydrogens is 1730 g/mol. The molecule has 24 rings (SSSR count). The molecule has 21 aromatic rings. The summed E-state index contributed by atoms with van der Waals surface area (Å²) in [5, 5.41) is 24.8. The lowest BCUT2D eigenvalue weighted by molar-refractivity contribution is 0.174. The van der Waals surface area contributed by atoms with Crippen LogP contribution in [0.4, 0.5) is 5.69 Å². The predicted octanol–water partition coefficient (Wildman–Crippen LogP) is 33.9. The van der Waals surface area contributed by atoms with E-state index in [0.29, 0.717) is 24.7 Å². The first-order valence-electron chi connectivity index (χ1n) is 47.3. The molecule has 0 fully saturated rings. The fourth-order valence-corrected chi connectivity index (χ4v) is 12.4. The number of benzene rings is 12. The maximum Gasteiger partial charge on any atom is 0.417 e. The number of ether oxygens (including phenoxy) is 4. The fraction of sp³-hybridized carbons (Fsp3) is 0.246. The van der Waals surface area contributed by atoms with Crippen molar-refractivity contribution in [1.29, 1.82) is 0 Å². The van der Waals surface area contributed by atoms with Crippen LogP contribution in [0.15, 0.2) is 391 Å². The van der Waals surface area contributed by atoms with E-state index < -0.39 is 5.76 Å². The second-order valence-electron chi connectivity index (χ2n) is 23.9. The summed E-state index contributed by atoms with van der Waals surface area (Å²) in [6, 6.07) is 106. The van der Waals surface area contributed by atoms with Gasteiger partial charge in [0.1, 0.15) is 28.2 Å². The first-order chi connectivity index (χ1) is 67.4. The van der Waals surface area contributed by atoms with E-state index in [2.05, 4.69) is 111 Å². The van der Waals surface area contributed by atoms with E-state index in [-0.39, 0.29) is 5.63 Å². The van der Waals surface area contributed by atoms with Crippen molar-refractivity contribution in [2.75, 3.05) is 25.4 Å². The summed E-state index contributed by atoms with van der Waals surface area (Å²) in [7, 11) is 0. The van der Waals surface area contributed by atoms with E-state index in [4.69, 9.17) is 36.7 Å². The number of hydrogen-bond acceptors (Lipinski definition) is 19. The number of pyridine rings is 1. The van der Waals surface area contributed by atoms with E-state index in [9.17, 15) is 9.59 Å². The van der Waals surface area contributed by atoms with Crippen LogP contribution in [0.2, 0.25) is 0 Å². The van der Waals surface area contributed by atoms with E-state index in [1.54, 1.807) is 59.5 Å². The van der Waals surface area contributed by atoms with Crippen LogP contribution in [0.3, 0.4) is 0 Å². The molecule has 22 heteroatoms. The molecule has 3 aliphatic rings. The molecule has 0 bridgehead atoms. The van der Waals surface area contributed by atoms with Crippen molar-refractivity contribution in [2.45, 2.75) is 173 Å². The molecule has 20 nitrogen and oxygen atoms in total. The second-order valence-corrected chi connectivity index (χ2v) is 25.7. The Balaban J connectivity index is 0.000000727. The Bertz CT molecular complexity index is 5530. The molecule has 4 N–H and O–H groups in total. The number of fused-ring (bicyclic) bond motifs is 12. The van der Waals surface area contributed by atoms with Gasteiger partial charge in [0.15, 0.2) is 29.4 Å².